The highest BCUT2D eigenvalue weighted by Gasteiger charge is 2.30. The largest absolute Gasteiger partial charge is 0.494 e. The molecule has 0 saturated heterocycles. The molecule has 0 unspecified atom stereocenters. The van der Waals surface area contributed by atoms with Crippen molar-refractivity contribution in [2.45, 2.75) is 13.1 Å². The van der Waals surface area contributed by atoms with Crippen molar-refractivity contribution in [2.75, 3.05) is 12.3 Å². The first kappa shape index (κ1) is 19.2. The summed E-state index contributed by atoms with van der Waals surface area (Å²) in [5.41, 5.74) is 7.43. The Morgan fingerprint density at radius 3 is 2.18 bits per heavy atom. The maximum Gasteiger partial charge on any atom is 0.416 e. The number of nitrogens with two attached hydrogens (primary N) is 1. The fourth-order valence-corrected chi connectivity index (χ4v) is 2.79. The third-order valence-electron chi connectivity index (χ3n) is 4.14. The van der Waals surface area contributed by atoms with E-state index in [1.54, 1.807) is 30.3 Å². The Kier molecular flexibility index (Phi) is 5.23. The first-order chi connectivity index (χ1) is 13.3. The third-order valence-corrected chi connectivity index (χ3v) is 4.14. The van der Waals surface area contributed by atoms with Crippen LogP contribution in [0.15, 0.2) is 54.6 Å². The van der Waals surface area contributed by atoms with E-state index in [1.807, 2.05) is 13.0 Å². The lowest BCUT2D eigenvalue weighted by Gasteiger charge is -2.12. The van der Waals surface area contributed by atoms with Crippen LogP contribution >= 0.6 is 0 Å². The van der Waals surface area contributed by atoms with Crippen LogP contribution in [0.3, 0.4) is 0 Å². The number of aromatic nitrogens is 1. The summed E-state index contributed by atoms with van der Waals surface area (Å²) in [4.78, 5) is 4.27. The molecule has 0 saturated carbocycles. The minimum atomic E-state index is -4.43. The maximum absolute atomic E-state index is 12.8. The molecule has 3 rings (SSSR count). The number of hydrogen-bond donors (Lipinski definition) is 1. The second-order valence-electron chi connectivity index (χ2n) is 5.96. The van der Waals surface area contributed by atoms with Gasteiger partial charge < -0.3 is 10.5 Å². The molecule has 0 radical (unpaired) electrons. The summed E-state index contributed by atoms with van der Waals surface area (Å²) in [6.07, 6.45) is -4.43. The molecule has 28 heavy (non-hydrogen) atoms. The van der Waals surface area contributed by atoms with Gasteiger partial charge in [0.15, 0.2) is 0 Å². The van der Waals surface area contributed by atoms with Gasteiger partial charge >= 0.3 is 6.18 Å². The molecule has 0 aliphatic heterocycles. The summed E-state index contributed by atoms with van der Waals surface area (Å²) in [7, 11) is 0. The monoisotopic (exact) mass is 383 g/mol. The average Bonchev–Trinajstić information content (AvgIpc) is 2.67. The van der Waals surface area contributed by atoms with Crippen molar-refractivity contribution in [1.82, 2.24) is 4.98 Å². The number of pyridine rings is 1. The van der Waals surface area contributed by atoms with Gasteiger partial charge in [-0.15, -0.1) is 0 Å². The molecule has 1 heterocycles. The summed E-state index contributed by atoms with van der Waals surface area (Å²) in [5, 5.41) is 9.43. The van der Waals surface area contributed by atoms with Crippen LogP contribution in [-0.2, 0) is 6.18 Å². The third kappa shape index (κ3) is 3.91. The number of halogens is 3. The molecular weight excluding hydrogens is 367 g/mol. The lowest BCUT2D eigenvalue weighted by molar-refractivity contribution is -0.137. The smallest absolute Gasteiger partial charge is 0.416 e. The van der Waals surface area contributed by atoms with Crippen molar-refractivity contribution in [1.29, 1.82) is 5.26 Å². The fraction of sp³-hybridized carbons (Fsp3) is 0.143. The number of nitriles is 1. The molecule has 0 atom stereocenters. The van der Waals surface area contributed by atoms with Crippen LogP contribution in [0.1, 0.15) is 18.1 Å². The fourth-order valence-electron chi connectivity index (χ4n) is 2.79. The van der Waals surface area contributed by atoms with Crippen molar-refractivity contribution in [3.05, 3.63) is 65.7 Å². The molecule has 4 nitrogen and oxygen atoms in total. The minimum Gasteiger partial charge on any atom is -0.494 e. The first-order valence-corrected chi connectivity index (χ1v) is 8.45. The Morgan fingerprint density at radius 2 is 1.64 bits per heavy atom. The van der Waals surface area contributed by atoms with Gasteiger partial charge in [0, 0.05) is 11.1 Å². The average molecular weight is 383 g/mol. The van der Waals surface area contributed by atoms with Gasteiger partial charge in [0.2, 0.25) is 0 Å². The number of nitrogen functional groups attached to an aromatic ring is 1. The predicted molar refractivity (Wildman–Crippen MR) is 100 cm³/mol. The van der Waals surface area contributed by atoms with Crippen LogP contribution in [0.4, 0.5) is 19.0 Å². The number of ether oxygens (including phenoxy) is 1. The van der Waals surface area contributed by atoms with Crippen LogP contribution in [0, 0.1) is 11.3 Å². The first-order valence-electron chi connectivity index (χ1n) is 8.45. The SMILES string of the molecule is CCOc1ccc(-c2cc(-c3ccc(C(F)(F)F)cc3)c(C#N)c(N)n2)cc1. The molecule has 0 fully saturated rings. The Hall–Kier alpha value is -3.53. The Balaban J connectivity index is 2.07. The number of rotatable bonds is 4. The molecule has 0 bridgehead atoms. The maximum atomic E-state index is 12.8. The molecule has 2 aromatic carbocycles. The molecule has 0 aliphatic rings. The van der Waals surface area contributed by atoms with Crippen LogP contribution in [0.5, 0.6) is 5.75 Å². The van der Waals surface area contributed by atoms with E-state index >= 15 is 0 Å². The summed E-state index contributed by atoms with van der Waals surface area (Å²) in [6.45, 7) is 2.42. The second kappa shape index (κ2) is 7.61. The van der Waals surface area contributed by atoms with E-state index in [-0.39, 0.29) is 11.4 Å². The number of benzene rings is 2. The zero-order valence-electron chi connectivity index (χ0n) is 14.9. The Bertz CT molecular complexity index is 1020. The highest BCUT2D eigenvalue weighted by molar-refractivity contribution is 5.80. The van der Waals surface area contributed by atoms with Gasteiger partial charge in [-0.2, -0.15) is 18.4 Å². The topological polar surface area (TPSA) is 71.9 Å². The van der Waals surface area contributed by atoms with E-state index in [0.29, 0.717) is 29.2 Å². The predicted octanol–water partition coefficient (Wildman–Crippen LogP) is 5.29. The quantitative estimate of drug-likeness (QED) is 0.665. The van der Waals surface area contributed by atoms with E-state index in [1.165, 1.54) is 12.1 Å². The van der Waals surface area contributed by atoms with E-state index in [4.69, 9.17) is 10.5 Å². The van der Waals surface area contributed by atoms with E-state index < -0.39 is 11.7 Å². The number of nitrogens with zero attached hydrogens (tertiary/aromatic N) is 2. The highest BCUT2D eigenvalue weighted by atomic mass is 19.4. The van der Waals surface area contributed by atoms with Gasteiger partial charge in [-0.05, 0) is 55.0 Å². The summed E-state index contributed by atoms with van der Waals surface area (Å²) in [5.74, 6) is 0.722. The van der Waals surface area contributed by atoms with Crippen molar-refractivity contribution in [3.8, 4) is 34.2 Å². The molecule has 0 amide bonds. The van der Waals surface area contributed by atoms with Crippen molar-refractivity contribution in [3.63, 3.8) is 0 Å². The molecule has 142 valence electrons. The molecular formula is C21H16F3N3O. The van der Waals surface area contributed by atoms with Crippen LogP contribution in [0.2, 0.25) is 0 Å². The standard InChI is InChI=1S/C21H16F3N3O/c1-2-28-16-9-5-14(6-10-16)19-11-17(18(12-25)20(26)27-19)13-3-7-15(8-4-13)21(22,23)24/h3-11H,2H2,1H3,(H2,26,27). The lowest BCUT2D eigenvalue weighted by Crippen LogP contribution is -2.04. The van der Waals surface area contributed by atoms with Gasteiger partial charge in [-0.25, -0.2) is 4.98 Å². The Labute approximate surface area is 160 Å². The highest BCUT2D eigenvalue weighted by Crippen LogP contribution is 2.34. The molecule has 0 aliphatic carbocycles. The van der Waals surface area contributed by atoms with Crippen molar-refractivity contribution >= 4 is 5.82 Å². The lowest BCUT2D eigenvalue weighted by atomic mass is 9.97. The molecule has 0 spiro atoms. The number of anilines is 1. The molecule has 2 N–H and O–H groups in total. The zero-order chi connectivity index (χ0) is 20.3. The second-order valence-corrected chi connectivity index (χ2v) is 5.96. The molecule has 1 aromatic heterocycles. The minimum absolute atomic E-state index is 0.0174. The van der Waals surface area contributed by atoms with Gasteiger partial charge in [0.1, 0.15) is 23.2 Å². The van der Waals surface area contributed by atoms with E-state index in [0.717, 1.165) is 17.7 Å². The number of alkyl halides is 3. The molecule has 7 heteroatoms. The summed E-state index contributed by atoms with van der Waals surface area (Å²) in [6, 6.07) is 15.4. The summed E-state index contributed by atoms with van der Waals surface area (Å²) < 4.78 is 43.8. The van der Waals surface area contributed by atoms with Crippen LogP contribution in [-0.4, -0.2) is 11.6 Å². The van der Waals surface area contributed by atoms with Gasteiger partial charge in [-0.3, -0.25) is 0 Å². The van der Waals surface area contributed by atoms with Crippen LogP contribution in [0.25, 0.3) is 22.4 Å². The van der Waals surface area contributed by atoms with E-state index in [2.05, 4.69) is 4.98 Å². The number of hydrogen-bond acceptors (Lipinski definition) is 4. The van der Waals surface area contributed by atoms with E-state index in [9.17, 15) is 18.4 Å². The van der Waals surface area contributed by atoms with Gasteiger partial charge in [0.05, 0.1) is 17.9 Å². The van der Waals surface area contributed by atoms with Crippen molar-refractivity contribution in [2.24, 2.45) is 0 Å². The Morgan fingerprint density at radius 1 is 1.04 bits per heavy atom. The zero-order valence-corrected chi connectivity index (χ0v) is 14.9. The van der Waals surface area contributed by atoms with Crippen LogP contribution < -0.4 is 10.5 Å². The molecule has 3 aromatic rings. The van der Waals surface area contributed by atoms with Gasteiger partial charge in [-0.1, -0.05) is 12.1 Å². The summed E-state index contributed by atoms with van der Waals surface area (Å²) >= 11 is 0. The van der Waals surface area contributed by atoms with Gasteiger partial charge in [0.25, 0.3) is 0 Å². The normalized spacial score (nSPS) is 11.1. The van der Waals surface area contributed by atoms with Crippen molar-refractivity contribution < 1.29 is 17.9 Å².